The van der Waals surface area contributed by atoms with Crippen LogP contribution in [-0.2, 0) is 0 Å². The van der Waals surface area contributed by atoms with Gasteiger partial charge in [0.25, 0.3) is 0 Å². The molecule has 23 heavy (non-hydrogen) atoms. The minimum atomic E-state index is -0.795. The molecule has 3 atom stereocenters. The highest BCUT2D eigenvalue weighted by Crippen LogP contribution is 2.46. The van der Waals surface area contributed by atoms with Crippen LogP contribution in [0.2, 0.25) is 0 Å². The number of hydrogen-bond acceptors (Lipinski definition) is 3. The topological polar surface area (TPSA) is 26.7 Å². The minimum absolute atomic E-state index is 0.0209. The molecular weight excluding hydrogens is 284 g/mol. The van der Waals surface area contributed by atoms with Crippen molar-refractivity contribution < 1.29 is 5.11 Å². The third kappa shape index (κ3) is 3.60. The van der Waals surface area contributed by atoms with E-state index in [1.165, 1.54) is 51.6 Å². The zero-order valence-electron chi connectivity index (χ0n) is 15.3. The van der Waals surface area contributed by atoms with Crippen molar-refractivity contribution in [2.75, 3.05) is 26.7 Å². The van der Waals surface area contributed by atoms with Gasteiger partial charge in [-0.05, 0) is 59.7 Å². The lowest BCUT2D eigenvalue weighted by atomic mass is 9.64. The highest BCUT2D eigenvalue weighted by molar-refractivity contribution is 5.23. The van der Waals surface area contributed by atoms with Crippen LogP contribution in [0.25, 0.3) is 0 Å². The first-order valence-electron chi connectivity index (χ1n) is 9.60. The van der Waals surface area contributed by atoms with Gasteiger partial charge < -0.3 is 5.11 Å². The summed E-state index contributed by atoms with van der Waals surface area (Å²) in [5.74, 6) is 7.04. The second kappa shape index (κ2) is 6.75. The quantitative estimate of drug-likeness (QED) is 0.753. The van der Waals surface area contributed by atoms with E-state index in [9.17, 15) is 5.11 Å². The van der Waals surface area contributed by atoms with Crippen LogP contribution in [0.15, 0.2) is 0 Å². The van der Waals surface area contributed by atoms with Crippen molar-refractivity contribution in [3.63, 3.8) is 0 Å². The van der Waals surface area contributed by atoms with Crippen LogP contribution in [0, 0.1) is 17.8 Å². The highest BCUT2D eigenvalue weighted by atomic mass is 16.3. The van der Waals surface area contributed by atoms with E-state index in [4.69, 9.17) is 0 Å². The lowest BCUT2D eigenvalue weighted by Crippen LogP contribution is -2.65. The molecule has 3 fully saturated rings. The first-order chi connectivity index (χ1) is 10.9. The van der Waals surface area contributed by atoms with Crippen LogP contribution in [0.1, 0.15) is 65.2 Å². The maximum atomic E-state index is 11.4. The molecule has 0 aromatic rings. The van der Waals surface area contributed by atoms with Crippen LogP contribution in [-0.4, -0.2) is 58.8 Å². The van der Waals surface area contributed by atoms with Gasteiger partial charge in [0.15, 0.2) is 0 Å². The number of hydrogen-bond donors (Lipinski definition) is 1. The smallest absolute Gasteiger partial charge is 0.131 e. The van der Waals surface area contributed by atoms with Gasteiger partial charge in [-0.25, -0.2) is 0 Å². The first kappa shape index (κ1) is 17.3. The third-order valence-electron chi connectivity index (χ3n) is 6.55. The second-order valence-electron chi connectivity index (χ2n) is 8.62. The summed E-state index contributed by atoms with van der Waals surface area (Å²) in [6.45, 7) is 7.70. The summed E-state index contributed by atoms with van der Waals surface area (Å²) in [5.41, 5.74) is -0.774. The monoisotopic (exact) mass is 318 g/mol. The van der Waals surface area contributed by atoms with Crippen molar-refractivity contribution in [1.29, 1.82) is 0 Å². The van der Waals surface area contributed by atoms with Crippen molar-refractivity contribution in [1.82, 2.24) is 9.80 Å². The molecule has 3 nitrogen and oxygen atoms in total. The van der Waals surface area contributed by atoms with Crippen molar-refractivity contribution >= 4 is 0 Å². The average Bonchev–Trinajstić information content (AvgIpc) is 2.54. The van der Waals surface area contributed by atoms with Crippen LogP contribution in [0.3, 0.4) is 0 Å². The molecule has 3 heteroatoms. The number of nitrogens with zero attached hydrogens (tertiary/aromatic N) is 2. The SMILES string of the molecule is CN1[C@H]2CCCC[C@@H]2[C@@](O)(C#CCN2CCCCC2)CC1(C)C. The van der Waals surface area contributed by atoms with Crippen LogP contribution in [0.4, 0.5) is 0 Å². The summed E-state index contributed by atoms with van der Waals surface area (Å²) >= 11 is 0. The summed E-state index contributed by atoms with van der Waals surface area (Å²) in [5, 5.41) is 11.4. The molecule has 1 aliphatic carbocycles. The van der Waals surface area contributed by atoms with E-state index in [1.807, 2.05) is 0 Å². The number of aliphatic hydroxyl groups is 1. The normalized spacial score (nSPS) is 38.4. The molecule has 2 heterocycles. The van der Waals surface area contributed by atoms with E-state index >= 15 is 0 Å². The van der Waals surface area contributed by atoms with Gasteiger partial charge in [-0.15, -0.1) is 0 Å². The molecule has 2 aliphatic heterocycles. The first-order valence-corrected chi connectivity index (χ1v) is 9.60. The number of likely N-dealkylation sites (tertiary alicyclic amines) is 2. The van der Waals surface area contributed by atoms with Gasteiger partial charge in [-0.3, -0.25) is 9.80 Å². The largest absolute Gasteiger partial charge is 0.377 e. The van der Waals surface area contributed by atoms with Gasteiger partial charge in [0.05, 0.1) is 6.54 Å². The number of rotatable bonds is 1. The molecule has 130 valence electrons. The molecular formula is C20H34N2O. The Bertz CT molecular complexity index is 472. The van der Waals surface area contributed by atoms with Gasteiger partial charge in [0, 0.05) is 23.9 Å². The Hall–Kier alpha value is -0.560. The number of fused-ring (bicyclic) bond motifs is 1. The van der Waals surface area contributed by atoms with Crippen LogP contribution in [0.5, 0.6) is 0 Å². The molecule has 0 aromatic heterocycles. The van der Waals surface area contributed by atoms with Gasteiger partial charge in [0.2, 0.25) is 0 Å². The minimum Gasteiger partial charge on any atom is -0.377 e. The zero-order valence-corrected chi connectivity index (χ0v) is 15.3. The molecule has 0 amide bonds. The molecule has 3 rings (SSSR count). The molecule has 0 bridgehead atoms. The fourth-order valence-electron chi connectivity index (χ4n) is 5.05. The predicted molar refractivity (Wildman–Crippen MR) is 95.2 cm³/mol. The molecule has 0 unspecified atom stereocenters. The Morgan fingerprint density at radius 3 is 2.48 bits per heavy atom. The van der Waals surface area contributed by atoms with E-state index in [1.54, 1.807) is 0 Å². The summed E-state index contributed by atoms with van der Waals surface area (Å²) < 4.78 is 0. The third-order valence-corrected chi connectivity index (χ3v) is 6.55. The van der Waals surface area contributed by atoms with Crippen molar-refractivity contribution in [3.8, 4) is 11.8 Å². The Morgan fingerprint density at radius 2 is 1.74 bits per heavy atom. The molecule has 3 aliphatic rings. The van der Waals surface area contributed by atoms with Crippen molar-refractivity contribution in [2.45, 2.75) is 82.4 Å². The lowest BCUT2D eigenvalue weighted by molar-refractivity contribution is -0.122. The van der Waals surface area contributed by atoms with Gasteiger partial charge >= 0.3 is 0 Å². The fraction of sp³-hybridized carbons (Fsp3) is 0.900. The molecule has 1 N–H and O–H groups in total. The maximum absolute atomic E-state index is 11.4. The standard InChI is InChI=1S/C20H34N2O/c1-19(2)16-20(23,12-9-15-22-13-7-4-8-14-22)17-10-5-6-11-18(17)21(19)3/h17-18,23H,4-8,10-11,13-16H2,1-3H3/t17-,18-,20+/m0/s1. The Balaban J connectivity index is 1.74. The summed E-state index contributed by atoms with van der Waals surface area (Å²) in [4.78, 5) is 4.95. The van der Waals surface area contributed by atoms with Crippen LogP contribution >= 0.6 is 0 Å². The van der Waals surface area contributed by atoms with Crippen LogP contribution < -0.4 is 0 Å². The van der Waals surface area contributed by atoms with Crippen molar-refractivity contribution in [3.05, 3.63) is 0 Å². The zero-order chi connectivity index (χ0) is 16.5. The molecule has 0 spiro atoms. The van der Waals surface area contributed by atoms with E-state index in [0.29, 0.717) is 12.0 Å². The highest BCUT2D eigenvalue weighted by Gasteiger charge is 2.52. The van der Waals surface area contributed by atoms with Crippen molar-refractivity contribution in [2.24, 2.45) is 5.92 Å². The molecule has 2 saturated heterocycles. The lowest BCUT2D eigenvalue weighted by Gasteiger charge is -2.56. The Morgan fingerprint density at radius 1 is 1.04 bits per heavy atom. The molecule has 0 aromatic carbocycles. The molecule has 0 radical (unpaired) electrons. The Labute approximate surface area is 142 Å². The van der Waals surface area contributed by atoms with E-state index < -0.39 is 5.60 Å². The maximum Gasteiger partial charge on any atom is 0.131 e. The average molecular weight is 319 g/mol. The summed E-state index contributed by atoms with van der Waals surface area (Å²) in [6.07, 6.45) is 9.59. The predicted octanol–water partition coefficient (Wildman–Crippen LogP) is 2.88. The molecule has 1 saturated carbocycles. The van der Waals surface area contributed by atoms with E-state index in [2.05, 4.69) is 42.5 Å². The summed E-state index contributed by atoms with van der Waals surface area (Å²) in [7, 11) is 2.24. The van der Waals surface area contributed by atoms with Gasteiger partial charge in [-0.2, -0.15) is 0 Å². The second-order valence-corrected chi connectivity index (χ2v) is 8.62. The fourth-order valence-corrected chi connectivity index (χ4v) is 5.05. The summed E-state index contributed by atoms with van der Waals surface area (Å²) in [6, 6.07) is 0.488. The van der Waals surface area contributed by atoms with Gasteiger partial charge in [0.1, 0.15) is 5.60 Å². The van der Waals surface area contributed by atoms with Gasteiger partial charge in [-0.1, -0.05) is 31.1 Å². The number of piperidine rings is 2. The van der Waals surface area contributed by atoms with E-state index in [-0.39, 0.29) is 5.54 Å². The van der Waals surface area contributed by atoms with E-state index in [0.717, 1.165) is 19.4 Å². The Kier molecular flexibility index (Phi) is 5.06.